The maximum atomic E-state index is 5.52. The van der Waals surface area contributed by atoms with E-state index in [-0.39, 0.29) is 0 Å². The maximum absolute atomic E-state index is 5.52. The molecule has 1 saturated heterocycles. The van der Waals surface area contributed by atoms with Gasteiger partial charge in [0.25, 0.3) is 0 Å². The zero-order chi connectivity index (χ0) is 12.5. The van der Waals surface area contributed by atoms with Crippen molar-refractivity contribution in [1.29, 1.82) is 0 Å². The largest absolute Gasteiger partial charge is 0.496 e. The van der Waals surface area contributed by atoms with E-state index in [1.807, 2.05) is 0 Å². The third-order valence-corrected chi connectivity index (χ3v) is 4.45. The summed E-state index contributed by atoms with van der Waals surface area (Å²) >= 11 is 0. The minimum Gasteiger partial charge on any atom is -0.496 e. The summed E-state index contributed by atoms with van der Waals surface area (Å²) in [5.74, 6) is 1.80. The summed E-state index contributed by atoms with van der Waals surface area (Å²) in [6.45, 7) is 6.32. The number of allylic oxidation sites excluding steroid dienone is 1. The zero-order valence-electron chi connectivity index (χ0n) is 11.1. The normalized spacial score (nSPS) is 26.5. The van der Waals surface area contributed by atoms with Crippen LogP contribution in [0.4, 0.5) is 0 Å². The number of hydrogen-bond donors (Lipinski definition) is 0. The van der Waals surface area contributed by atoms with Gasteiger partial charge in [-0.25, -0.2) is 0 Å². The first-order valence-corrected chi connectivity index (χ1v) is 6.86. The number of ether oxygens (including phenoxy) is 1. The minimum absolute atomic E-state index is 0.585. The zero-order valence-corrected chi connectivity index (χ0v) is 11.1. The molecule has 0 amide bonds. The van der Waals surface area contributed by atoms with Gasteiger partial charge in [0, 0.05) is 18.2 Å². The lowest BCUT2D eigenvalue weighted by atomic mass is 9.85. The van der Waals surface area contributed by atoms with Gasteiger partial charge in [-0.1, -0.05) is 18.2 Å². The highest BCUT2D eigenvalue weighted by molar-refractivity contribution is 5.44. The Kier molecular flexibility index (Phi) is 3.13. The predicted molar refractivity (Wildman–Crippen MR) is 73.9 cm³/mol. The SMILES string of the molecule is C=CC[C@@H]1CCN2CCc3c(OC)cccc3[C@H]12. The molecule has 2 aliphatic rings. The molecule has 1 aromatic rings. The van der Waals surface area contributed by atoms with E-state index < -0.39 is 0 Å². The van der Waals surface area contributed by atoms with E-state index in [0.29, 0.717) is 6.04 Å². The number of rotatable bonds is 3. The van der Waals surface area contributed by atoms with Crippen LogP contribution in [0.2, 0.25) is 0 Å². The molecule has 0 radical (unpaired) electrons. The van der Waals surface area contributed by atoms with Crippen molar-refractivity contribution < 1.29 is 4.74 Å². The summed E-state index contributed by atoms with van der Waals surface area (Å²) in [6.07, 6.45) is 5.62. The predicted octanol–water partition coefficient (Wildman–Crippen LogP) is 3.19. The van der Waals surface area contributed by atoms with Crippen LogP contribution in [0.1, 0.15) is 30.0 Å². The molecule has 1 fully saturated rings. The molecule has 0 spiro atoms. The Balaban J connectivity index is 2.01. The molecule has 2 heterocycles. The smallest absolute Gasteiger partial charge is 0.122 e. The van der Waals surface area contributed by atoms with Crippen LogP contribution in [-0.2, 0) is 6.42 Å². The first-order chi connectivity index (χ1) is 8.85. The molecule has 0 aliphatic carbocycles. The fourth-order valence-electron chi connectivity index (χ4n) is 3.66. The second-order valence-corrected chi connectivity index (χ2v) is 5.33. The van der Waals surface area contributed by atoms with Crippen LogP contribution >= 0.6 is 0 Å². The van der Waals surface area contributed by atoms with Gasteiger partial charge in [0.15, 0.2) is 0 Å². The van der Waals surface area contributed by atoms with Crippen molar-refractivity contribution in [2.75, 3.05) is 20.2 Å². The van der Waals surface area contributed by atoms with Crippen LogP contribution < -0.4 is 4.74 Å². The molecule has 1 aromatic carbocycles. The number of methoxy groups -OCH3 is 1. The van der Waals surface area contributed by atoms with Gasteiger partial charge in [0.05, 0.1) is 7.11 Å². The Hall–Kier alpha value is -1.28. The highest BCUT2D eigenvalue weighted by Gasteiger charge is 2.38. The van der Waals surface area contributed by atoms with Crippen LogP contribution in [0.3, 0.4) is 0 Å². The molecule has 0 N–H and O–H groups in total. The molecular formula is C16H21NO. The van der Waals surface area contributed by atoms with Gasteiger partial charge in [-0.05, 0) is 43.4 Å². The number of nitrogens with zero attached hydrogens (tertiary/aromatic N) is 1. The Morgan fingerprint density at radius 2 is 2.33 bits per heavy atom. The monoisotopic (exact) mass is 243 g/mol. The summed E-state index contributed by atoms with van der Waals surface area (Å²) in [5.41, 5.74) is 2.92. The molecule has 2 aliphatic heterocycles. The highest BCUT2D eigenvalue weighted by atomic mass is 16.5. The van der Waals surface area contributed by atoms with Crippen LogP contribution in [0.25, 0.3) is 0 Å². The van der Waals surface area contributed by atoms with E-state index in [0.717, 1.165) is 24.5 Å². The molecule has 0 bridgehead atoms. The van der Waals surface area contributed by atoms with Crippen molar-refractivity contribution in [2.45, 2.75) is 25.3 Å². The second kappa shape index (κ2) is 4.77. The van der Waals surface area contributed by atoms with Gasteiger partial charge in [0.2, 0.25) is 0 Å². The van der Waals surface area contributed by atoms with Crippen LogP contribution in [0.5, 0.6) is 5.75 Å². The molecular weight excluding hydrogens is 222 g/mol. The van der Waals surface area contributed by atoms with E-state index in [2.05, 4.69) is 35.8 Å². The summed E-state index contributed by atoms with van der Waals surface area (Å²) in [7, 11) is 1.78. The van der Waals surface area contributed by atoms with Gasteiger partial charge in [-0.15, -0.1) is 6.58 Å². The summed E-state index contributed by atoms with van der Waals surface area (Å²) in [4.78, 5) is 2.63. The number of benzene rings is 1. The van der Waals surface area contributed by atoms with E-state index in [1.54, 1.807) is 7.11 Å². The Morgan fingerprint density at radius 3 is 3.11 bits per heavy atom. The minimum atomic E-state index is 0.585. The van der Waals surface area contributed by atoms with Gasteiger partial charge in [-0.3, -0.25) is 4.90 Å². The fraction of sp³-hybridized carbons (Fsp3) is 0.500. The van der Waals surface area contributed by atoms with Crippen molar-refractivity contribution in [3.63, 3.8) is 0 Å². The lowest BCUT2D eigenvalue weighted by Crippen LogP contribution is -2.33. The van der Waals surface area contributed by atoms with Gasteiger partial charge < -0.3 is 4.74 Å². The standard InChI is InChI=1S/C16H21NO/c1-3-5-12-8-10-17-11-9-13-14(16(12)17)6-4-7-15(13)18-2/h3-4,6-7,12,16H,1,5,8-11H2,2H3/t12-,16+/m1/s1. The molecule has 0 unspecified atom stereocenters. The van der Waals surface area contributed by atoms with Crippen LogP contribution in [0.15, 0.2) is 30.9 Å². The summed E-state index contributed by atoms with van der Waals surface area (Å²) in [6, 6.07) is 7.09. The average molecular weight is 243 g/mol. The lowest BCUT2D eigenvalue weighted by Gasteiger charge is -2.35. The maximum Gasteiger partial charge on any atom is 0.122 e. The van der Waals surface area contributed by atoms with Crippen LogP contribution in [-0.4, -0.2) is 25.1 Å². The topological polar surface area (TPSA) is 12.5 Å². The third kappa shape index (κ3) is 1.76. The lowest BCUT2D eigenvalue weighted by molar-refractivity contribution is 0.213. The van der Waals surface area contributed by atoms with E-state index in [1.165, 1.54) is 30.6 Å². The Morgan fingerprint density at radius 1 is 1.44 bits per heavy atom. The summed E-state index contributed by atoms with van der Waals surface area (Å²) < 4.78 is 5.52. The third-order valence-electron chi connectivity index (χ3n) is 4.45. The van der Waals surface area contributed by atoms with E-state index in [9.17, 15) is 0 Å². The van der Waals surface area contributed by atoms with Crippen molar-refractivity contribution in [2.24, 2.45) is 5.92 Å². The first kappa shape index (κ1) is 11.8. The summed E-state index contributed by atoms with van der Waals surface area (Å²) in [5, 5.41) is 0. The molecule has 18 heavy (non-hydrogen) atoms. The second-order valence-electron chi connectivity index (χ2n) is 5.33. The molecule has 2 atom stereocenters. The fourth-order valence-corrected chi connectivity index (χ4v) is 3.66. The molecule has 3 rings (SSSR count). The number of fused-ring (bicyclic) bond motifs is 3. The quantitative estimate of drug-likeness (QED) is 0.756. The van der Waals surface area contributed by atoms with Crippen LogP contribution in [0, 0.1) is 5.92 Å². The van der Waals surface area contributed by atoms with E-state index in [4.69, 9.17) is 4.74 Å². The molecule has 0 aromatic heterocycles. The number of hydrogen-bond acceptors (Lipinski definition) is 2. The molecule has 2 nitrogen and oxygen atoms in total. The molecule has 0 saturated carbocycles. The van der Waals surface area contributed by atoms with Gasteiger partial charge in [-0.2, -0.15) is 0 Å². The van der Waals surface area contributed by atoms with E-state index >= 15 is 0 Å². The Labute approximate surface area is 109 Å². The average Bonchev–Trinajstić information content (AvgIpc) is 2.82. The van der Waals surface area contributed by atoms with Gasteiger partial charge in [0.1, 0.15) is 5.75 Å². The highest BCUT2D eigenvalue weighted by Crippen LogP contribution is 2.45. The molecule has 96 valence electrons. The van der Waals surface area contributed by atoms with Crippen molar-refractivity contribution in [3.8, 4) is 5.75 Å². The van der Waals surface area contributed by atoms with Gasteiger partial charge >= 0.3 is 0 Å². The Bertz CT molecular complexity index is 454. The van der Waals surface area contributed by atoms with Crippen molar-refractivity contribution in [1.82, 2.24) is 4.90 Å². The van der Waals surface area contributed by atoms with Crippen molar-refractivity contribution in [3.05, 3.63) is 42.0 Å². The first-order valence-electron chi connectivity index (χ1n) is 6.86. The molecule has 2 heteroatoms. The van der Waals surface area contributed by atoms with Crippen molar-refractivity contribution >= 4 is 0 Å².